The van der Waals surface area contributed by atoms with Crippen LogP contribution in [-0.4, -0.2) is 21.3 Å². The maximum atomic E-state index is 12.1. The van der Waals surface area contributed by atoms with Crippen LogP contribution < -0.4 is 15.2 Å². The van der Waals surface area contributed by atoms with E-state index in [4.69, 9.17) is 10.5 Å². The molecule has 0 bridgehead atoms. The second kappa shape index (κ2) is 5.28. The second-order valence-corrected chi connectivity index (χ2v) is 4.93. The molecule has 0 aliphatic heterocycles. The van der Waals surface area contributed by atoms with E-state index in [1.807, 2.05) is 0 Å². The van der Waals surface area contributed by atoms with Crippen LogP contribution in [0.5, 0.6) is 5.75 Å². The van der Waals surface area contributed by atoms with Crippen molar-refractivity contribution in [2.45, 2.75) is 12.3 Å². The average molecular weight is 266 g/mol. The highest BCUT2D eigenvalue weighted by atomic mass is 32.2. The summed E-state index contributed by atoms with van der Waals surface area (Å²) in [6.45, 7) is -0.305. The summed E-state index contributed by atoms with van der Waals surface area (Å²) in [7, 11) is -3.23. The quantitative estimate of drug-likeness (QED) is 0.776. The molecule has 96 valence electrons. The fourth-order valence-corrected chi connectivity index (χ4v) is 1.66. The van der Waals surface area contributed by atoms with Gasteiger partial charge in [0, 0.05) is 17.8 Å². The normalized spacial score (nSPS) is 11.8. The van der Waals surface area contributed by atoms with E-state index in [1.165, 1.54) is 19.2 Å². The molecule has 0 heterocycles. The fourth-order valence-electron chi connectivity index (χ4n) is 1.18. The predicted octanol–water partition coefficient (Wildman–Crippen LogP) is 0.919. The lowest BCUT2D eigenvalue weighted by molar-refractivity contribution is 0.232. The standard InChI is InChI=1S/C9H12F2N2O3S/c1-16-8-3-2-7(12)4-6(8)5-13-17(14,15)9(10)11/h2-4,9,13H,5,12H2,1H3. The number of methoxy groups -OCH3 is 1. The number of anilines is 1. The molecule has 17 heavy (non-hydrogen) atoms. The third kappa shape index (κ3) is 3.53. The molecule has 0 amide bonds. The van der Waals surface area contributed by atoms with Crippen molar-refractivity contribution in [1.29, 1.82) is 0 Å². The van der Waals surface area contributed by atoms with Crippen molar-refractivity contribution >= 4 is 15.7 Å². The third-order valence-corrected chi connectivity index (χ3v) is 3.02. The summed E-state index contributed by atoms with van der Waals surface area (Å²) in [5, 5.41) is 0. The number of nitrogen functional groups attached to an aromatic ring is 1. The zero-order valence-corrected chi connectivity index (χ0v) is 9.80. The molecule has 0 saturated heterocycles. The molecule has 1 rings (SSSR count). The topological polar surface area (TPSA) is 81.4 Å². The highest BCUT2D eigenvalue weighted by Gasteiger charge is 2.23. The smallest absolute Gasteiger partial charge is 0.350 e. The van der Waals surface area contributed by atoms with Gasteiger partial charge in [-0.1, -0.05) is 0 Å². The van der Waals surface area contributed by atoms with E-state index in [9.17, 15) is 17.2 Å². The Bertz CT molecular complexity index is 491. The van der Waals surface area contributed by atoms with Gasteiger partial charge >= 0.3 is 5.76 Å². The lowest BCUT2D eigenvalue weighted by Gasteiger charge is -2.10. The number of nitrogens with two attached hydrogens (primary N) is 1. The van der Waals surface area contributed by atoms with Gasteiger partial charge in [0.15, 0.2) is 0 Å². The van der Waals surface area contributed by atoms with Crippen molar-refractivity contribution in [3.05, 3.63) is 23.8 Å². The lowest BCUT2D eigenvalue weighted by Crippen LogP contribution is -2.29. The molecule has 0 saturated carbocycles. The maximum absolute atomic E-state index is 12.1. The molecule has 3 N–H and O–H groups in total. The second-order valence-electron chi connectivity index (χ2n) is 3.20. The number of ether oxygens (including phenoxy) is 1. The van der Waals surface area contributed by atoms with Crippen molar-refractivity contribution in [3.8, 4) is 5.75 Å². The Hall–Kier alpha value is -1.41. The fraction of sp³-hybridized carbons (Fsp3) is 0.333. The molecule has 0 aliphatic rings. The molecule has 1 aromatic carbocycles. The number of benzene rings is 1. The van der Waals surface area contributed by atoms with Gasteiger partial charge in [0.25, 0.3) is 10.0 Å². The van der Waals surface area contributed by atoms with Crippen molar-refractivity contribution < 1.29 is 21.9 Å². The Balaban J connectivity index is 2.86. The van der Waals surface area contributed by atoms with E-state index in [2.05, 4.69) is 0 Å². The van der Waals surface area contributed by atoms with E-state index in [-0.39, 0.29) is 6.54 Å². The Morgan fingerprint density at radius 1 is 1.47 bits per heavy atom. The summed E-state index contributed by atoms with van der Waals surface area (Å²) in [4.78, 5) is 0. The molecular weight excluding hydrogens is 254 g/mol. The van der Waals surface area contributed by atoms with Gasteiger partial charge in [0.1, 0.15) is 5.75 Å². The first-order chi connectivity index (χ1) is 7.86. The van der Waals surface area contributed by atoms with Crippen molar-refractivity contribution in [2.24, 2.45) is 0 Å². The van der Waals surface area contributed by atoms with E-state index in [1.54, 1.807) is 10.8 Å². The van der Waals surface area contributed by atoms with Crippen LogP contribution in [0.4, 0.5) is 14.5 Å². The molecule has 5 nitrogen and oxygen atoms in total. The van der Waals surface area contributed by atoms with E-state index < -0.39 is 15.8 Å². The summed E-state index contributed by atoms with van der Waals surface area (Å²) in [5.41, 5.74) is 6.27. The van der Waals surface area contributed by atoms with Crippen LogP contribution in [0.3, 0.4) is 0 Å². The van der Waals surface area contributed by atoms with E-state index >= 15 is 0 Å². The zero-order valence-electron chi connectivity index (χ0n) is 8.98. The molecular formula is C9H12F2N2O3S. The molecule has 0 spiro atoms. The Labute approximate surface area is 97.6 Å². The summed E-state index contributed by atoms with van der Waals surface area (Å²) >= 11 is 0. The monoisotopic (exact) mass is 266 g/mol. The number of nitrogens with one attached hydrogen (secondary N) is 1. The van der Waals surface area contributed by atoms with Crippen LogP contribution >= 0.6 is 0 Å². The zero-order chi connectivity index (χ0) is 13.1. The number of halogens is 2. The molecule has 0 fully saturated rings. The average Bonchev–Trinajstić information content (AvgIpc) is 2.26. The van der Waals surface area contributed by atoms with Gasteiger partial charge in [-0.25, -0.2) is 13.1 Å². The molecule has 0 atom stereocenters. The number of alkyl halides is 2. The van der Waals surface area contributed by atoms with Gasteiger partial charge in [-0.3, -0.25) is 0 Å². The minimum Gasteiger partial charge on any atom is -0.496 e. The van der Waals surface area contributed by atoms with Gasteiger partial charge < -0.3 is 10.5 Å². The van der Waals surface area contributed by atoms with E-state index in [0.717, 1.165) is 0 Å². The van der Waals surface area contributed by atoms with Crippen molar-refractivity contribution in [3.63, 3.8) is 0 Å². The van der Waals surface area contributed by atoms with Crippen molar-refractivity contribution in [2.75, 3.05) is 12.8 Å². The number of rotatable bonds is 5. The van der Waals surface area contributed by atoms with Gasteiger partial charge in [0.05, 0.1) is 7.11 Å². The SMILES string of the molecule is COc1ccc(N)cc1CNS(=O)(=O)C(F)F. The first-order valence-electron chi connectivity index (χ1n) is 4.56. The maximum Gasteiger partial charge on any atom is 0.350 e. The Morgan fingerprint density at radius 2 is 2.12 bits per heavy atom. The van der Waals surface area contributed by atoms with Crippen LogP contribution in [0.2, 0.25) is 0 Å². The number of sulfonamides is 1. The lowest BCUT2D eigenvalue weighted by atomic mass is 10.2. The Morgan fingerprint density at radius 3 is 2.65 bits per heavy atom. The largest absolute Gasteiger partial charge is 0.496 e. The highest BCUT2D eigenvalue weighted by molar-refractivity contribution is 7.89. The molecule has 0 radical (unpaired) electrons. The van der Waals surface area contributed by atoms with Crippen molar-refractivity contribution in [1.82, 2.24) is 4.72 Å². The third-order valence-electron chi connectivity index (χ3n) is 2.00. The first kappa shape index (κ1) is 13.7. The van der Waals surface area contributed by atoms with Gasteiger partial charge in [-0.05, 0) is 18.2 Å². The number of hydrogen-bond acceptors (Lipinski definition) is 4. The van der Waals surface area contributed by atoms with Crippen LogP contribution in [-0.2, 0) is 16.6 Å². The van der Waals surface area contributed by atoms with Crippen LogP contribution in [0, 0.1) is 0 Å². The molecule has 0 unspecified atom stereocenters. The molecule has 0 aliphatic carbocycles. The predicted molar refractivity (Wildman–Crippen MR) is 59.2 cm³/mol. The summed E-state index contributed by atoms with van der Waals surface area (Å²) in [6.07, 6.45) is 0. The van der Waals surface area contributed by atoms with Gasteiger partial charge in [-0.2, -0.15) is 8.78 Å². The Kier molecular flexibility index (Phi) is 4.24. The van der Waals surface area contributed by atoms with Crippen LogP contribution in [0.25, 0.3) is 0 Å². The molecule has 0 aromatic heterocycles. The van der Waals surface area contributed by atoms with Gasteiger partial charge in [-0.15, -0.1) is 0 Å². The molecule has 1 aromatic rings. The minimum atomic E-state index is -4.61. The van der Waals surface area contributed by atoms with Gasteiger partial charge in [0.2, 0.25) is 0 Å². The summed E-state index contributed by atoms with van der Waals surface area (Å²) in [6, 6.07) is 4.54. The first-order valence-corrected chi connectivity index (χ1v) is 6.10. The minimum absolute atomic E-state index is 0.305. The molecule has 8 heteroatoms. The summed E-state index contributed by atoms with van der Waals surface area (Å²) in [5.74, 6) is -3.09. The van der Waals surface area contributed by atoms with Crippen LogP contribution in [0.1, 0.15) is 5.56 Å². The van der Waals surface area contributed by atoms with Crippen LogP contribution in [0.15, 0.2) is 18.2 Å². The van der Waals surface area contributed by atoms with E-state index in [0.29, 0.717) is 17.0 Å². The highest BCUT2D eigenvalue weighted by Crippen LogP contribution is 2.21. The number of hydrogen-bond donors (Lipinski definition) is 2. The summed E-state index contributed by atoms with van der Waals surface area (Å²) < 4.78 is 52.6.